The lowest BCUT2D eigenvalue weighted by Gasteiger charge is -2.30. The Morgan fingerprint density at radius 2 is 1.93 bits per heavy atom. The number of amides is 4. The van der Waals surface area contributed by atoms with E-state index in [1.165, 1.54) is 0 Å². The number of hydrazine groups is 2. The van der Waals surface area contributed by atoms with E-state index < -0.39 is 24.0 Å². The van der Waals surface area contributed by atoms with Crippen molar-refractivity contribution in [2.24, 2.45) is 5.92 Å². The van der Waals surface area contributed by atoms with Gasteiger partial charge in [-0.25, -0.2) is 10.9 Å². The topological polar surface area (TPSA) is 157 Å². The second kappa shape index (κ2) is 12.8. The number of fused-ring (bicyclic) bond motifs is 1. The number of hydrogen-bond acceptors (Lipinski definition) is 8. The molecule has 0 bridgehead atoms. The Balaban J connectivity index is 1.16. The standard InChI is InChI=1S/C32H39N7O5/c1-3-18(2)28(36-27(40)15-23-13-20-7-4-5-10-26(20)44-23)31(42)35-24-12-11-19-8-6-9-21-14-25(39(29(19)21)32(24)43)30(41)33-16-22-17-34-38-37-22/h4-10,13,18,22,24-25,28,34,37-38H,3,11-12,14-17H2,1-2H3,(H,33,41)(H,35,42)(H,36,40)/t18-,22?,24-,25-,28-/m0/s1. The summed E-state index contributed by atoms with van der Waals surface area (Å²) in [6, 6.07) is 12.8. The van der Waals surface area contributed by atoms with Crippen molar-refractivity contribution in [2.75, 3.05) is 18.0 Å². The summed E-state index contributed by atoms with van der Waals surface area (Å²) >= 11 is 0. The molecule has 4 heterocycles. The second-order valence-electron chi connectivity index (χ2n) is 11.9. The molecule has 44 heavy (non-hydrogen) atoms. The van der Waals surface area contributed by atoms with Crippen LogP contribution in [0.15, 0.2) is 52.9 Å². The summed E-state index contributed by atoms with van der Waals surface area (Å²) in [4.78, 5) is 55.9. The predicted octanol–water partition coefficient (Wildman–Crippen LogP) is 0.992. The molecule has 12 heteroatoms. The normalized spacial score (nSPS) is 22.3. The highest BCUT2D eigenvalue weighted by atomic mass is 16.3. The Hall–Kier alpha value is -4.26. The smallest absolute Gasteiger partial charge is 0.250 e. The molecule has 4 amide bonds. The van der Waals surface area contributed by atoms with Crippen LogP contribution in [0.4, 0.5) is 5.69 Å². The average Bonchev–Trinajstić information content (AvgIpc) is 3.76. The highest BCUT2D eigenvalue weighted by Gasteiger charge is 2.44. The lowest BCUT2D eigenvalue weighted by molar-refractivity contribution is -0.133. The van der Waals surface area contributed by atoms with Crippen LogP contribution in [0.2, 0.25) is 0 Å². The fourth-order valence-electron chi connectivity index (χ4n) is 6.29. The van der Waals surface area contributed by atoms with Crippen molar-refractivity contribution in [3.8, 4) is 0 Å². The van der Waals surface area contributed by atoms with Crippen LogP contribution >= 0.6 is 0 Å². The molecule has 0 spiro atoms. The van der Waals surface area contributed by atoms with Crippen LogP contribution in [0.3, 0.4) is 0 Å². The molecule has 1 fully saturated rings. The van der Waals surface area contributed by atoms with E-state index in [1.807, 2.05) is 62.4 Å². The molecule has 3 aromatic rings. The van der Waals surface area contributed by atoms with E-state index in [0.717, 1.165) is 22.2 Å². The summed E-state index contributed by atoms with van der Waals surface area (Å²) in [5.74, 6) is -0.994. The van der Waals surface area contributed by atoms with Gasteiger partial charge in [0.05, 0.1) is 18.2 Å². The Kier molecular flexibility index (Phi) is 8.65. The number of furan rings is 1. The predicted molar refractivity (Wildman–Crippen MR) is 164 cm³/mol. The van der Waals surface area contributed by atoms with Gasteiger partial charge >= 0.3 is 0 Å². The number of nitrogens with one attached hydrogen (secondary N) is 6. The third kappa shape index (κ3) is 6.05. The van der Waals surface area contributed by atoms with Gasteiger partial charge in [-0.3, -0.25) is 24.1 Å². The van der Waals surface area contributed by atoms with E-state index in [1.54, 1.807) is 4.90 Å². The first-order valence-corrected chi connectivity index (χ1v) is 15.3. The molecule has 1 unspecified atom stereocenters. The molecule has 6 N–H and O–H groups in total. The van der Waals surface area contributed by atoms with Crippen molar-refractivity contribution in [3.63, 3.8) is 0 Å². The first-order chi connectivity index (χ1) is 21.3. The third-order valence-electron chi connectivity index (χ3n) is 8.89. The number of aryl methyl sites for hydroxylation is 1. The molecule has 1 saturated heterocycles. The highest BCUT2D eigenvalue weighted by molar-refractivity contribution is 6.08. The van der Waals surface area contributed by atoms with Crippen molar-refractivity contribution in [1.29, 1.82) is 0 Å². The molecule has 12 nitrogen and oxygen atoms in total. The second-order valence-corrected chi connectivity index (χ2v) is 11.9. The first kappa shape index (κ1) is 29.8. The van der Waals surface area contributed by atoms with Gasteiger partial charge in [0, 0.05) is 24.9 Å². The molecule has 2 aromatic carbocycles. The van der Waals surface area contributed by atoms with Crippen LogP contribution < -0.4 is 37.2 Å². The van der Waals surface area contributed by atoms with E-state index in [0.29, 0.717) is 50.1 Å². The number of hydrogen-bond donors (Lipinski definition) is 6. The maximum Gasteiger partial charge on any atom is 0.250 e. The summed E-state index contributed by atoms with van der Waals surface area (Å²) in [6.07, 6.45) is 1.99. The number of rotatable bonds is 10. The molecule has 0 radical (unpaired) electrons. The van der Waals surface area contributed by atoms with Gasteiger partial charge in [-0.1, -0.05) is 56.7 Å². The molecule has 0 saturated carbocycles. The molecule has 1 aromatic heterocycles. The van der Waals surface area contributed by atoms with Crippen LogP contribution in [0.1, 0.15) is 43.6 Å². The Bertz CT molecular complexity index is 1530. The fraction of sp³-hybridized carbons (Fsp3) is 0.438. The van der Waals surface area contributed by atoms with Gasteiger partial charge in [-0.2, -0.15) is 5.53 Å². The molecular weight excluding hydrogens is 562 g/mol. The zero-order valence-corrected chi connectivity index (χ0v) is 24.9. The van der Waals surface area contributed by atoms with Gasteiger partial charge < -0.3 is 20.4 Å². The van der Waals surface area contributed by atoms with Gasteiger partial charge in [-0.15, -0.1) is 0 Å². The Morgan fingerprint density at radius 3 is 2.70 bits per heavy atom. The Labute approximate surface area is 255 Å². The van der Waals surface area contributed by atoms with Crippen LogP contribution in [0.25, 0.3) is 11.0 Å². The summed E-state index contributed by atoms with van der Waals surface area (Å²) in [5, 5.41) is 9.72. The van der Waals surface area contributed by atoms with Gasteiger partial charge in [0.15, 0.2) is 0 Å². The minimum Gasteiger partial charge on any atom is -0.461 e. The maximum atomic E-state index is 14.1. The number of nitrogens with zero attached hydrogens (tertiary/aromatic N) is 1. The molecule has 0 aliphatic carbocycles. The van der Waals surface area contributed by atoms with Crippen molar-refractivity contribution in [2.45, 2.75) is 70.1 Å². The molecule has 5 atom stereocenters. The highest BCUT2D eigenvalue weighted by Crippen LogP contribution is 2.39. The van der Waals surface area contributed by atoms with Crippen LogP contribution in [0.5, 0.6) is 0 Å². The molecular formula is C32H39N7O5. The molecule has 3 aliphatic heterocycles. The fourth-order valence-corrected chi connectivity index (χ4v) is 6.29. The summed E-state index contributed by atoms with van der Waals surface area (Å²) in [7, 11) is 0. The van der Waals surface area contributed by atoms with Crippen LogP contribution in [0, 0.1) is 5.92 Å². The van der Waals surface area contributed by atoms with Gasteiger partial charge in [0.25, 0.3) is 0 Å². The molecule has 232 valence electrons. The molecule has 6 rings (SSSR count). The largest absolute Gasteiger partial charge is 0.461 e. The number of para-hydroxylation sites is 2. The monoisotopic (exact) mass is 601 g/mol. The zero-order valence-electron chi connectivity index (χ0n) is 24.9. The van der Waals surface area contributed by atoms with E-state index in [9.17, 15) is 19.2 Å². The average molecular weight is 602 g/mol. The zero-order chi connectivity index (χ0) is 30.8. The first-order valence-electron chi connectivity index (χ1n) is 15.3. The number of benzene rings is 2. The number of carbonyl (C=O) groups is 4. The Morgan fingerprint density at radius 1 is 1.11 bits per heavy atom. The summed E-state index contributed by atoms with van der Waals surface area (Å²) in [6.45, 7) is 4.89. The minimum absolute atomic E-state index is 0.0115. The van der Waals surface area contributed by atoms with Gasteiger partial charge in [0.1, 0.15) is 29.5 Å². The van der Waals surface area contributed by atoms with Crippen molar-refractivity contribution in [3.05, 3.63) is 65.4 Å². The molecule has 3 aliphatic rings. The van der Waals surface area contributed by atoms with Crippen molar-refractivity contribution in [1.82, 2.24) is 32.3 Å². The lowest BCUT2D eigenvalue weighted by Crippen LogP contribution is -2.58. The van der Waals surface area contributed by atoms with Crippen molar-refractivity contribution >= 4 is 40.3 Å². The van der Waals surface area contributed by atoms with Crippen LogP contribution in [-0.2, 0) is 38.4 Å². The van der Waals surface area contributed by atoms with Gasteiger partial charge in [0.2, 0.25) is 23.6 Å². The van der Waals surface area contributed by atoms with E-state index >= 15 is 0 Å². The van der Waals surface area contributed by atoms with Crippen LogP contribution in [-0.4, -0.2) is 60.9 Å². The van der Waals surface area contributed by atoms with Gasteiger partial charge in [-0.05, 0) is 42.0 Å². The third-order valence-corrected chi connectivity index (χ3v) is 8.89. The lowest BCUT2D eigenvalue weighted by atomic mass is 9.97. The number of carbonyl (C=O) groups excluding carboxylic acids is 4. The summed E-state index contributed by atoms with van der Waals surface area (Å²) in [5.41, 5.74) is 12.2. The van der Waals surface area contributed by atoms with E-state index in [2.05, 4.69) is 32.3 Å². The van der Waals surface area contributed by atoms with E-state index in [-0.39, 0.29) is 36.1 Å². The SMILES string of the molecule is CC[C@H](C)[C@H](NC(=O)Cc1cc2ccccc2o1)C(=O)N[C@H]1CCc2cccc3c2N(C1=O)[C@H](C(=O)NCC1CNNN1)C3. The summed E-state index contributed by atoms with van der Waals surface area (Å²) < 4.78 is 5.80. The quantitative estimate of drug-likeness (QED) is 0.201. The minimum atomic E-state index is -0.847. The van der Waals surface area contributed by atoms with E-state index in [4.69, 9.17) is 4.42 Å². The maximum absolute atomic E-state index is 14.1. The number of anilines is 1. The van der Waals surface area contributed by atoms with Crippen molar-refractivity contribution < 1.29 is 23.6 Å².